The predicted octanol–water partition coefficient (Wildman–Crippen LogP) is 3.65. The van der Waals surface area contributed by atoms with Crippen LogP contribution in [-0.4, -0.2) is 11.0 Å². The van der Waals surface area contributed by atoms with E-state index in [-0.39, 0.29) is 11.7 Å². The molecular weight excluding hydrogens is 256 g/mol. The maximum Gasteiger partial charge on any atom is 0.316 e. The minimum atomic E-state index is -0.402. The number of hydrogen-bond acceptors (Lipinski definition) is 5. The van der Waals surface area contributed by atoms with Crippen LogP contribution in [0.4, 0.5) is 17.1 Å². The van der Waals surface area contributed by atoms with E-state index in [0.29, 0.717) is 11.4 Å². The number of unbranched alkanes of at least 4 members (excludes halogenated alkanes) is 1. The van der Waals surface area contributed by atoms with Crippen LogP contribution in [0.25, 0.3) is 0 Å². The Labute approximate surface area is 119 Å². The molecule has 0 radical (unpaired) electrons. The molecule has 0 aliphatic carbocycles. The molecule has 20 heavy (non-hydrogen) atoms. The van der Waals surface area contributed by atoms with Crippen molar-refractivity contribution in [1.29, 1.82) is 0 Å². The second-order valence-electron chi connectivity index (χ2n) is 4.88. The van der Waals surface area contributed by atoms with Gasteiger partial charge >= 0.3 is 5.69 Å². The Morgan fingerprint density at radius 3 is 2.50 bits per heavy atom. The van der Waals surface area contributed by atoms with E-state index in [1.807, 2.05) is 0 Å². The number of nitro groups is 1. The van der Waals surface area contributed by atoms with Gasteiger partial charge in [-0.1, -0.05) is 39.2 Å². The fraction of sp³-hybridized carbons (Fsp3) is 0.571. The van der Waals surface area contributed by atoms with Gasteiger partial charge in [0.1, 0.15) is 11.4 Å². The minimum absolute atomic E-state index is 0.00704. The van der Waals surface area contributed by atoms with Crippen LogP contribution in [0.15, 0.2) is 18.2 Å². The van der Waals surface area contributed by atoms with Crippen molar-refractivity contribution in [1.82, 2.24) is 0 Å². The maximum atomic E-state index is 11.2. The summed E-state index contributed by atoms with van der Waals surface area (Å²) in [4.78, 5) is 10.8. The van der Waals surface area contributed by atoms with Crippen LogP contribution < -0.4 is 16.6 Å². The smallest absolute Gasteiger partial charge is 0.316 e. The highest BCUT2D eigenvalue weighted by molar-refractivity contribution is 5.76. The molecule has 112 valence electrons. The summed E-state index contributed by atoms with van der Waals surface area (Å²) in [7, 11) is 0. The number of anilines is 2. The maximum absolute atomic E-state index is 11.2. The molecule has 6 nitrogen and oxygen atoms in total. The van der Waals surface area contributed by atoms with E-state index in [1.165, 1.54) is 0 Å². The number of benzene rings is 1. The van der Waals surface area contributed by atoms with Crippen LogP contribution in [0.2, 0.25) is 0 Å². The molecule has 0 heterocycles. The molecule has 4 N–H and O–H groups in total. The van der Waals surface area contributed by atoms with Crippen molar-refractivity contribution < 1.29 is 4.92 Å². The summed E-state index contributed by atoms with van der Waals surface area (Å²) in [5.74, 6) is 5.34. The Kier molecular flexibility index (Phi) is 6.79. The number of para-hydroxylation sites is 1. The zero-order chi connectivity index (χ0) is 15.0. The van der Waals surface area contributed by atoms with E-state index in [9.17, 15) is 10.1 Å². The summed E-state index contributed by atoms with van der Waals surface area (Å²) in [5.41, 5.74) is 3.24. The standard InChI is InChI=1S/C14H24N4O2/c1-3-5-8-11(7-4-2)16-12-9-6-10-13(17-15)14(12)18(19)20/h6,9-11,16-17H,3-5,7-8,15H2,1-2H3. The topological polar surface area (TPSA) is 93.2 Å². The van der Waals surface area contributed by atoms with Crippen LogP contribution >= 0.6 is 0 Å². The average molecular weight is 280 g/mol. The van der Waals surface area contributed by atoms with Crippen LogP contribution in [-0.2, 0) is 0 Å². The molecule has 0 aromatic heterocycles. The van der Waals surface area contributed by atoms with E-state index >= 15 is 0 Å². The summed E-state index contributed by atoms with van der Waals surface area (Å²) < 4.78 is 0. The zero-order valence-corrected chi connectivity index (χ0v) is 12.2. The number of nitrogens with two attached hydrogens (primary N) is 1. The first kappa shape index (κ1) is 16.2. The number of nitrogens with one attached hydrogen (secondary N) is 2. The normalized spacial score (nSPS) is 11.9. The van der Waals surface area contributed by atoms with Gasteiger partial charge in [0.2, 0.25) is 0 Å². The summed E-state index contributed by atoms with van der Waals surface area (Å²) in [6.45, 7) is 4.26. The lowest BCUT2D eigenvalue weighted by Crippen LogP contribution is -2.20. The molecular formula is C14H24N4O2. The van der Waals surface area contributed by atoms with Crippen molar-refractivity contribution in [3.05, 3.63) is 28.3 Å². The Bertz CT molecular complexity index is 437. The molecule has 1 rings (SSSR count). The van der Waals surface area contributed by atoms with Gasteiger partial charge in [0.05, 0.1) is 4.92 Å². The average Bonchev–Trinajstić information content (AvgIpc) is 2.44. The lowest BCUT2D eigenvalue weighted by Gasteiger charge is -2.19. The molecule has 0 bridgehead atoms. The van der Waals surface area contributed by atoms with E-state index < -0.39 is 4.92 Å². The Morgan fingerprint density at radius 1 is 1.25 bits per heavy atom. The number of nitro benzene ring substituents is 1. The molecule has 0 saturated heterocycles. The second-order valence-corrected chi connectivity index (χ2v) is 4.88. The quantitative estimate of drug-likeness (QED) is 0.365. The van der Waals surface area contributed by atoms with Crippen LogP contribution in [0.1, 0.15) is 46.0 Å². The largest absolute Gasteiger partial charge is 0.377 e. The van der Waals surface area contributed by atoms with Gasteiger partial charge in [-0.25, -0.2) is 0 Å². The Hall–Kier alpha value is -1.82. The van der Waals surface area contributed by atoms with Crippen molar-refractivity contribution in [2.45, 2.75) is 52.0 Å². The number of hydrogen-bond donors (Lipinski definition) is 3. The molecule has 0 fully saturated rings. The van der Waals surface area contributed by atoms with Gasteiger partial charge in [-0.15, -0.1) is 0 Å². The van der Waals surface area contributed by atoms with Crippen LogP contribution in [0.5, 0.6) is 0 Å². The molecule has 1 aromatic carbocycles. The number of nitrogens with zero attached hydrogens (tertiary/aromatic N) is 1. The number of nitrogen functional groups attached to an aromatic ring is 1. The Balaban J connectivity index is 2.96. The second kappa shape index (κ2) is 8.37. The zero-order valence-electron chi connectivity index (χ0n) is 12.2. The van der Waals surface area contributed by atoms with Gasteiger partial charge in [0, 0.05) is 6.04 Å². The molecule has 0 aliphatic heterocycles. The monoisotopic (exact) mass is 280 g/mol. The molecule has 1 atom stereocenters. The third-order valence-electron chi connectivity index (χ3n) is 3.28. The predicted molar refractivity (Wildman–Crippen MR) is 82.8 cm³/mol. The lowest BCUT2D eigenvalue weighted by molar-refractivity contribution is -0.383. The molecule has 0 amide bonds. The van der Waals surface area contributed by atoms with Crippen molar-refractivity contribution in [3.8, 4) is 0 Å². The molecule has 1 aromatic rings. The molecule has 0 spiro atoms. The van der Waals surface area contributed by atoms with Gasteiger partial charge in [-0.2, -0.15) is 0 Å². The molecule has 0 saturated carbocycles. The number of rotatable bonds is 9. The van der Waals surface area contributed by atoms with Gasteiger partial charge < -0.3 is 10.7 Å². The first-order valence-electron chi connectivity index (χ1n) is 7.14. The van der Waals surface area contributed by atoms with Crippen molar-refractivity contribution in [2.24, 2.45) is 5.84 Å². The van der Waals surface area contributed by atoms with Gasteiger partial charge in [0.25, 0.3) is 0 Å². The summed E-state index contributed by atoms with van der Waals surface area (Å²) in [6.07, 6.45) is 5.29. The lowest BCUT2D eigenvalue weighted by atomic mass is 10.0. The molecule has 1 unspecified atom stereocenters. The molecule has 0 aliphatic rings. The SMILES string of the molecule is CCCCC(CCC)Nc1cccc(NN)c1[N+](=O)[O-]. The van der Waals surface area contributed by atoms with E-state index in [0.717, 1.165) is 32.1 Å². The summed E-state index contributed by atoms with van der Waals surface area (Å²) >= 11 is 0. The van der Waals surface area contributed by atoms with E-state index in [2.05, 4.69) is 24.6 Å². The van der Waals surface area contributed by atoms with Crippen molar-refractivity contribution >= 4 is 17.1 Å². The van der Waals surface area contributed by atoms with Crippen molar-refractivity contribution in [3.63, 3.8) is 0 Å². The highest BCUT2D eigenvalue weighted by Crippen LogP contribution is 2.33. The highest BCUT2D eigenvalue weighted by Gasteiger charge is 2.21. The minimum Gasteiger partial charge on any atom is -0.377 e. The van der Waals surface area contributed by atoms with E-state index in [1.54, 1.807) is 18.2 Å². The first-order chi connectivity index (χ1) is 9.63. The third-order valence-corrected chi connectivity index (χ3v) is 3.28. The third kappa shape index (κ3) is 4.38. The van der Waals surface area contributed by atoms with E-state index in [4.69, 9.17) is 5.84 Å². The van der Waals surface area contributed by atoms with Gasteiger partial charge in [-0.3, -0.25) is 16.0 Å². The fourth-order valence-corrected chi connectivity index (χ4v) is 2.28. The Morgan fingerprint density at radius 2 is 1.95 bits per heavy atom. The number of hydrazine groups is 1. The highest BCUT2D eigenvalue weighted by atomic mass is 16.6. The summed E-state index contributed by atoms with van der Waals surface area (Å²) in [6, 6.07) is 5.34. The van der Waals surface area contributed by atoms with Crippen LogP contribution in [0.3, 0.4) is 0 Å². The first-order valence-corrected chi connectivity index (χ1v) is 7.14. The molecule has 6 heteroatoms. The summed E-state index contributed by atoms with van der Waals surface area (Å²) in [5, 5.41) is 14.5. The van der Waals surface area contributed by atoms with Crippen molar-refractivity contribution in [2.75, 3.05) is 10.7 Å². The van der Waals surface area contributed by atoms with Gasteiger partial charge in [0.15, 0.2) is 0 Å². The fourth-order valence-electron chi connectivity index (χ4n) is 2.28. The van der Waals surface area contributed by atoms with Crippen LogP contribution in [0, 0.1) is 10.1 Å². The van der Waals surface area contributed by atoms with Gasteiger partial charge in [-0.05, 0) is 25.0 Å².